The molecule has 0 aliphatic rings. The van der Waals surface area contributed by atoms with Crippen LogP contribution in [0.1, 0.15) is 30.0 Å². The van der Waals surface area contributed by atoms with Crippen LogP contribution in [-0.2, 0) is 9.53 Å². The molecule has 0 saturated heterocycles. The third kappa shape index (κ3) is 5.16. The second kappa shape index (κ2) is 8.51. The molecule has 150 valence electrons. The number of carbonyl (C=O) groups excluding carboxylic acids is 1. The van der Waals surface area contributed by atoms with Gasteiger partial charge in [-0.25, -0.2) is 4.79 Å². The highest BCUT2D eigenvalue weighted by molar-refractivity contribution is 5.71. The van der Waals surface area contributed by atoms with E-state index >= 15 is 0 Å². The normalized spacial score (nSPS) is 11.7. The van der Waals surface area contributed by atoms with E-state index < -0.39 is 17.0 Å². The lowest BCUT2D eigenvalue weighted by atomic mass is 10.1. The SMILES string of the molecule is Cc1cc(C)cc(OCC(=O)O[C@H](C)c2nnc(-c3ccc([N+](=O)[O-])cc3)o2)c1. The van der Waals surface area contributed by atoms with Crippen LogP contribution in [0, 0.1) is 24.0 Å². The number of ether oxygens (including phenoxy) is 2. The van der Waals surface area contributed by atoms with E-state index in [4.69, 9.17) is 13.9 Å². The molecule has 0 unspecified atom stereocenters. The van der Waals surface area contributed by atoms with Gasteiger partial charge in [-0.2, -0.15) is 0 Å². The first-order chi connectivity index (χ1) is 13.8. The first-order valence-electron chi connectivity index (χ1n) is 8.80. The Morgan fingerprint density at radius 1 is 1.14 bits per heavy atom. The summed E-state index contributed by atoms with van der Waals surface area (Å²) in [4.78, 5) is 22.3. The molecule has 0 spiro atoms. The minimum atomic E-state index is -0.773. The van der Waals surface area contributed by atoms with E-state index in [0.717, 1.165) is 11.1 Å². The summed E-state index contributed by atoms with van der Waals surface area (Å²) in [5.41, 5.74) is 2.54. The fourth-order valence-corrected chi connectivity index (χ4v) is 2.68. The number of non-ortho nitro benzene ring substituents is 1. The van der Waals surface area contributed by atoms with Gasteiger partial charge >= 0.3 is 5.97 Å². The first kappa shape index (κ1) is 20.0. The summed E-state index contributed by atoms with van der Waals surface area (Å²) in [6.07, 6.45) is -0.773. The van der Waals surface area contributed by atoms with Gasteiger partial charge in [0.15, 0.2) is 12.7 Å². The van der Waals surface area contributed by atoms with Crippen molar-refractivity contribution in [3.05, 3.63) is 69.6 Å². The summed E-state index contributed by atoms with van der Waals surface area (Å²) in [5.74, 6) is 0.291. The number of aryl methyl sites for hydroxylation is 2. The number of rotatable bonds is 7. The van der Waals surface area contributed by atoms with Gasteiger partial charge in [-0.15, -0.1) is 10.2 Å². The van der Waals surface area contributed by atoms with Gasteiger partial charge in [0, 0.05) is 17.7 Å². The van der Waals surface area contributed by atoms with Crippen LogP contribution >= 0.6 is 0 Å². The summed E-state index contributed by atoms with van der Waals surface area (Å²) < 4.78 is 16.3. The lowest BCUT2D eigenvalue weighted by Crippen LogP contribution is -2.17. The van der Waals surface area contributed by atoms with Crippen LogP contribution in [0.5, 0.6) is 5.75 Å². The number of aromatic nitrogens is 2. The maximum absolute atomic E-state index is 12.0. The molecular weight excluding hydrogens is 378 g/mol. The highest BCUT2D eigenvalue weighted by atomic mass is 16.6. The zero-order chi connectivity index (χ0) is 21.0. The van der Waals surface area contributed by atoms with Gasteiger partial charge < -0.3 is 13.9 Å². The Kier molecular flexibility index (Phi) is 5.87. The molecule has 9 nitrogen and oxygen atoms in total. The van der Waals surface area contributed by atoms with Crippen LogP contribution < -0.4 is 4.74 Å². The molecule has 0 amide bonds. The van der Waals surface area contributed by atoms with E-state index in [1.54, 1.807) is 6.92 Å². The Morgan fingerprint density at radius 2 is 1.79 bits per heavy atom. The Hall–Kier alpha value is -3.75. The minimum Gasteiger partial charge on any atom is -0.482 e. The maximum Gasteiger partial charge on any atom is 0.344 e. The number of benzene rings is 2. The molecule has 0 aliphatic carbocycles. The molecule has 3 rings (SSSR count). The molecule has 9 heteroatoms. The summed E-state index contributed by atoms with van der Waals surface area (Å²) in [5, 5.41) is 18.5. The van der Waals surface area contributed by atoms with Gasteiger partial charge in [-0.1, -0.05) is 6.07 Å². The number of nitro groups is 1. The van der Waals surface area contributed by atoms with Crippen molar-refractivity contribution in [3.63, 3.8) is 0 Å². The molecule has 0 N–H and O–H groups in total. The first-order valence-corrected chi connectivity index (χ1v) is 8.80. The lowest BCUT2D eigenvalue weighted by molar-refractivity contribution is -0.384. The molecule has 0 aliphatic heterocycles. The molecule has 2 aromatic carbocycles. The monoisotopic (exact) mass is 397 g/mol. The van der Waals surface area contributed by atoms with E-state index in [1.165, 1.54) is 24.3 Å². The van der Waals surface area contributed by atoms with E-state index in [9.17, 15) is 14.9 Å². The van der Waals surface area contributed by atoms with Gasteiger partial charge in [0.1, 0.15) is 5.75 Å². The molecule has 0 bridgehead atoms. The third-order valence-electron chi connectivity index (χ3n) is 3.97. The minimum absolute atomic E-state index is 0.0420. The fourth-order valence-electron chi connectivity index (χ4n) is 2.68. The van der Waals surface area contributed by atoms with E-state index in [1.807, 2.05) is 32.0 Å². The predicted octanol–water partition coefficient (Wildman–Crippen LogP) is 3.94. The van der Waals surface area contributed by atoms with Crippen LogP contribution in [0.4, 0.5) is 5.69 Å². The second-order valence-corrected chi connectivity index (χ2v) is 6.49. The van der Waals surface area contributed by atoms with Gasteiger partial charge in [0.2, 0.25) is 5.89 Å². The van der Waals surface area contributed by atoms with Crippen molar-refractivity contribution < 1.29 is 23.6 Å². The van der Waals surface area contributed by atoms with Gasteiger partial charge in [-0.05, 0) is 56.2 Å². The third-order valence-corrected chi connectivity index (χ3v) is 3.97. The topological polar surface area (TPSA) is 118 Å². The van der Waals surface area contributed by atoms with Crippen LogP contribution in [-0.4, -0.2) is 27.7 Å². The van der Waals surface area contributed by atoms with Crippen LogP contribution in [0.15, 0.2) is 46.9 Å². The van der Waals surface area contributed by atoms with Crippen molar-refractivity contribution in [2.24, 2.45) is 0 Å². The van der Waals surface area contributed by atoms with Crippen molar-refractivity contribution in [3.8, 4) is 17.2 Å². The standard InChI is InChI=1S/C20H19N3O6/c1-12-8-13(2)10-17(9-12)27-11-18(24)28-14(3)19-21-22-20(29-19)15-4-6-16(7-5-15)23(25)26/h4-10,14H,11H2,1-3H3/t14-/m1/s1. The molecule has 1 atom stereocenters. The van der Waals surface area contributed by atoms with E-state index in [0.29, 0.717) is 11.3 Å². The summed E-state index contributed by atoms with van der Waals surface area (Å²) >= 11 is 0. The number of hydrogen-bond donors (Lipinski definition) is 0. The average Bonchev–Trinajstić information content (AvgIpc) is 3.16. The Balaban J connectivity index is 1.58. The van der Waals surface area contributed by atoms with Crippen molar-refractivity contribution in [2.45, 2.75) is 26.9 Å². The van der Waals surface area contributed by atoms with Crippen molar-refractivity contribution in [2.75, 3.05) is 6.61 Å². The Labute approximate surface area is 166 Å². The lowest BCUT2D eigenvalue weighted by Gasteiger charge is -2.11. The van der Waals surface area contributed by atoms with Gasteiger partial charge in [0.05, 0.1) is 4.92 Å². The van der Waals surface area contributed by atoms with Crippen LogP contribution in [0.3, 0.4) is 0 Å². The fraction of sp³-hybridized carbons (Fsp3) is 0.250. The number of hydrogen-bond acceptors (Lipinski definition) is 8. The summed E-state index contributed by atoms with van der Waals surface area (Å²) in [6, 6.07) is 11.4. The van der Waals surface area contributed by atoms with Crippen molar-refractivity contribution >= 4 is 11.7 Å². The average molecular weight is 397 g/mol. The van der Waals surface area contributed by atoms with Crippen LogP contribution in [0.25, 0.3) is 11.5 Å². The summed E-state index contributed by atoms with van der Waals surface area (Å²) in [6.45, 7) is 5.23. The summed E-state index contributed by atoms with van der Waals surface area (Å²) in [7, 11) is 0. The van der Waals surface area contributed by atoms with E-state index in [-0.39, 0.29) is 24.1 Å². The smallest absolute Gasteiger partial charge is 0.344 e. The zero-order valence-corrected chi connectivity index (χ0v) is 16.1. The molecule has 1 heterocycles. The molecule has 0 saturated carbocycles. The molecule has 29 heavy (non-hydrogen) atoms. The van der Waals surface area contributed by atoms with E-state index in [2.05, 4.69) is 10.2 Å². The second-order valence-electron chi connectivity index (χ2n) is 6.49. The quantitative estimate of drug-likeness (QED) is 0.334. The largest absolute Gasteiger partial charge is 0.482 e. The Morgan fingerprint density at radius 3 is 2.41 bits per heavy atom. The molecule has 0 fully saturated rings. The van der Waals surface area contributed by atoms with Crippen molar-refractivity contribution in [1.29, 1.82) is 0 Å². The maximum atomic E-state index is 12.0. The number of nitrogens with zero attached hydrogens (tertiary/aromatic N) is 3. The molecule has 1 aromatic heterocycles. The van der Waals surface area contributed by atoms with Gasteiger partial charge in [0.25, 0.3) is 11.6 Å². The Bertz CT molecular complexity index is 1010. The molecular formula is C20H19N3O6. The highest BCUT2D eigenvalue weighted by Gasteiger charge is 2.20. The molecule has 0 radical (unpaired) electrons. The molecule has 3 aromatic rings. The van der Waals surface area contributed by atoms with Crippen molar-refractivity contribution in [1.82, 2.24) is 10.2 Å². The number of carbonyl (C=O) groups is 1. The zero-order valence-electron chi connectivity index (χ0n) is 16.1. The number of esters is 1. The van der Waals surface area contributed by atoms with Crippen LogP contribution in [0.2, 0.25) is 0 Å². The highest BCUT2D eigenvalue weighted by Crippen LogP contribution is 2.24. The van der Waals surface area contributed by atoms with Gasteiger partial charge in [-0.3, -0.25) is 10.1 Å². The number of nitro benzene ring substituents is 1. The predicted molar refractivity (Wildman–Crippen MR) is 102 cm³/mol.